The first-order valence-electron chi connectivity index (χ1n) is 11.0. The Bertz CT molecular complexity index is 1110. The van der Waals surface area contributed by atoms with E-state index in [4.69, 9.17) is 14.2 Å². The number of methoxy groups -OCH3 is 1. The minimum absolute atomic E-state index is 0.0225. The third-order valence-corrected chi connectivity index (χ3v) is 7.23. The summed E-state index contributed by atoms with van der Waals surface area (Å²) in [6, 6.07) is 10.5. The number of hydrogen-bond donors (Lipinski definition) is 1. The Balaban J connectivity index is 1.40. The number of fused-ring (bicyclic) bond motifs is 1. The van der Waals surface area contributed by atoms with E-state index in [1.165, 1.54) is 19.2 Å². The maximum absolute atomic E-state index is 13.1. The van der Waals surface area contributed by atoms with Gasteiger partial charge in [-0.1, -0.05) is 13.0 Å². The lowest BCUT2D eigenvalue weighted by molar-refractivity contribution is 0.0628. The summed E-state index contributed by atoms with van der Waals surface area (Å²) in [6.45, 7) is 5.77. The third kappa shape index (κ3) is 5.23. The van der Waals surface area contributed by atoms with Gasteiger partial charge in [-0.25, -0.2) is 13.1 Å². The zero-order chi connectivity index (χ0) is 23.4. The van der Waals surface area contributed by atoms with Crippen LogP contribution in [0.2, 0.25) is 0 Å². The van der Waals surface area contributed by atoms with Crippen LogP contribution in [0.3, 0.4) is 0 Å². The number of carbonyl (C=O) groups is 1. The van der Waals surface area contributed by atoms with Gasteiger partial charge in [0.05, 0.1) is 7.11 Å². The molecule has 2 aromatic carbocycles. The Kier molecular flexibility index (Phi) is 7.06. The second-order valence-electron chi connectivity index (χ2n) is 8.02. The Hall–Kier alpha value is -2.82. The van der Waals surface area contributed by atoms with E-state index in [1.54, 1.807) is 11.0 Å². The summed E-state index contributed by atoms with van der Waals surface area (Å²) in [4.78, 5) is 17.1. The molecule has 33 heavy (non-hydrogen) atoms. The van der Waals surface area contributed by atoms with E-state index in [9.17, 15) is 13.2 Å². The van der Waals surface area contributed by atoms with E-state index < -0.39 is 10.0 Å². The summed E-state index contributed by atoms with van der Waals surface area (Å²) in [5.74, 6) is 1.55. The number of amides is 1. The number of carbonyl (C=O) groups excluding carboxylic acids is 1. The minimum Gasteiger partial charge on any atom is -0.495 e. The lowest BCUT2D eigenvalue weighted by Crippen LogP contribution is -2.48. The number of nitrogens with one attached hydrogen (secondary N) is 1. The van der Waals surface area contributed by atoms with Gasteiger partial charge in [0.2, 0.25) is 16.8 Å². The van der Waals surface area contributed by atoms with Gasteiger partial charge in [0.25, 0.3) is 5.91 Å². The number of ether oxygens (including phenoxy) is 3. The smallest absolute Gasteiger partial charge is 0.253 e. The van der Waals surface area contributed by atoms with E-state index in [1.807, 2.05) is 25.1 Å². The van der Waals surface area contributed by atoms with Crippen molar-refractivity contribution in [2.45, 2.75) is 24.8 Å². The van der Waals surface area contributed by atoms with Crippen molar-refractivity contribution in [2.75, 3.05) is 46.6 Å². The summed E-state index contributed by atoms with van der Waals surface area (Å²) < 4.78 is 43.9. The second-order valence-corrected chi connectivity index (χ2v) is 9.75. The fourth-order valence-electron chi connectivity index (χ4n) is 3.92. The number of piperazine rings is 1. The number of hydrogen-bond acceptors (Lipinski definition) is 7. The van der Waals surface area contributed by atoms with E-state index >= 15 is 0 Å². The maximum atomic E-state index is 13.1. The van der Waals surface area contributed by atoms with Crippen LogP contribution in [0.1, 0.15) is 29.3 Å². The summed E-state index contributed by atoms with van der Waals surface area (Å²) in [5.41, 5.74) is 1.46. The normalized spacial score (nSPS) is 16.1. The van der Waals surface area contributed by atoms with Crippen LogP contribution in [0, 0.1) is 0 Å². The van der Waals surface area contributed by atoms with Gasteiger partial charge in [-0.2, -0.15) is 0 Å². The SMILES string of the molecule is CCCNS(=O)(=O)c1cc(C(=O)N2CCN(Cc3ccc4c(c3)OCO4)CC2)ccc1OC. The topological polar surface area (TPSA) is 97.4 Å². The number of benzene rings is 2. The largest absolute Gasteiger partial charge is 0.495 e. The molecule has 1 N–H and O–H groups in total. The molecule has 1 saturated heterocycles. The molecular weight excluding hydrogens is 446 g/mol. The first-order chi connectivity index (χ1) is 15.9. The highest BCUT2D eigenvalue weighted by atomic mass is 32.2. The molecule has 178 valence electrons. The average molecular weight is 476 g/mol. The molecule has 1 fully saturated rings. The van der Waals surface area contributed by atoms with Crippen molar-refractivity contribution in [1.82, 2.24) is 14.5 Å². The fourth-order valence-corrected chi connectivity index (χ4v) is 5.25. The van der Waals surface area contributed by atoms with Crippen LogP contribution >= 0.6 is 0 Å². The summed E-state index contributed by atoms with van der Waals surface area (Å²) in [7, 11) is -2.36. The van der Waals surface area contributed by atoms with Crippen molar-refractivity contribution in [3.05, 3.63) is 47.5 Å². The van der Waals surface area contributed by atoms with Crippen molar-refractivity contribution >= 4 is 15.9 Å². The van der Waals surface area contributed by atoms with Gasteiger partial charge in [0, 0.05) is 44.8 Å². The standard InChI is InChI=1S/C23H29N3O6S/c1-3-8-24-33(28,29)22-14-18(5-7-20(22)30-2)23(27)26-11-9-25(10-12-26)15-17-4-6-19-21(13-17)32-16-31-19/h4-7,13-14,24H,3,8-12,15-16H2,1-2H3. The summed E-state index contributed by atoms with van der Waals surface area (Å²) in [5, 5.41) is 0. The van der Waals surface area contributed by atoms with Gasteiger partial charge in [0.15, 0.2) is 11.5 Å². The van der Waals surface area contributed by atoms with Gasteiger partial charge in [0.1, 0.15) is 10.6 Å². The number of sulfonamides is 1. The molecule has 0 unspecified atom stereocenters. The van der Waals surface area contributed by atoms with Crippen LogP contribution in [0.25, 0.3) is 0 Å². The highest BCUT2D eigenvalue weighted by Gasteiger charge is 2.26. The molecule has 0 aromatic heterocycles. The molecule has 0 radical (unpaired) electrons. The molecule has 0 spiro atoms. The predicted octanol–water partition coefficient (Wildman–Crippen LogP) is 2.07. The molecule has 0 saturated carbocycles. The molecule has 0 aliphatic carbocycles. The lowest BCUT2D eigenvalue weighted by atomic mass is 10.1. The van der Waals surface area contributed by atoms with E-state index in [0.29, 0.717) is 31.6 Å². The fraction of sp³-hybridized carbons (Fsp3) is 0.435. The molecule has 0 bridgehead atoms. The van der Waals surface area contributed by atoms with E-state index in [2.05, 4.69) is 9.62 Å². The maximum Gasteiger partial charge on any atom is 0.253 e. The summed E-state index contributed by atoms with van der Waals surface area (Å²) in [6.07, 6.45) is 0.663. The number of rotatable bonds is 8. The minimum atomic E-state index is -3.77. The average Bonchev–Trinajstić information content (AvgIpc) is 3.30. The third-order valence-electron chi connectivity index (χ3n) is 5.74. The van der Waals surface area contributed by atoms with E-state index in [-0.39, 0.29) is 23.3 Å². The van der Waals surface area contributed by atoms with Crippen LogP contribution in [0.5, 0.6) is 17.2 Å². The van der Waals surface area contributed by atoms with Crippen molar-refractivity contribution in [1.29, 1.82) is 0 Å². The van der Waals surface area contributed by atoms with Gasteiger partial charge in [-0.15, -0.1) is 0 Å². The van der Waals surface area contributed by atoms with Gasteiger partial charge >= 0.3 is 0 Å². The molecule has 10 heteroatoms. The van der Waals surface area contributed by atoms with Crippen molar-refractivity contribution < 1.29 is 27.4 Å². The molecule has 0 atom stereocenters. The molecule has 2 heterocycles. The van der Waals surface area contributed by atoms with Gasteiger partial charge in [-0.3, -0.25) is 9.69 Å². The monoisotopic (exact) mass is 475 g/mol. The van der Waals surface area contributed by atoms with Crippen LogP contribution in [0.15, 0.2) is 41.3 Å². The predicted molar refractivity (Wildman–Crippen MR) is 122 cm³/mol. The first-order valence-corrected chi connectivity index (χ1v) is 12.5. The van der Waals surface area contributed by atoms with E-state index in [0.717, 1.165) is 36.7 Å². The Labute approximate surface area is 194 Å². The molecular formula is C23H29N3O6S. The molecule has 9 nitrogen and oxygen atoms in total. The Morgan fingerprint density at radius 2 is 1.82 bits per heavy atom. The zero-order valence-corrected chi connectivity index (χ0v) is 19.7. The molecule has 2 aromatic rings. The lowest BCUT2D eigenvalue weighted by Gasteiger charge is -2.35. The molecule has 4 rings (SSSR count). The number of nitrogens with zero attached hydrogens (tertiary/aromatic N) is 2. The zero-order valence-electron chi connectivity index (χ0n) is 18.9. The van der Waals surface area contributed by atoms with Crippen LogP contribution in [-0.2, 0) is 16.6 Å². The Morgan fingerprint density at radius 1 is 1.06 bits per heavy atom. The molecule has 2 aliphatic heterocycles. The highest BCUT2D eigenvalue weighted by Crippen LogP contribution is 2.33. The van der Waals surface area contributed by atoms with Crippen molar-refractivity contribution in [3.63, 3.8) is 0 Å². The molecule has 2 aliphatic rings. The Morgan fingerprint density at radius 3 is 2.55 bits per heavy atom. The van der Waals surface area contributed by atoms with Gasteiger partial charge in [-0.05, 0) is 42.3 Å². The summed E-state index contributed by atoms with van der Waals surface area (Å²) >= 11 is 0. The van der Waals surface area contributed by atoms with Crippen molar-refractivity contribution in [3.8, 4) is 17.2 Å². The first kappa shape index (κ1) is 23.3. The quantitative estimate of drug-likeness (QED) is 0.624. The highest BCUT2D eigenvalue weighted by molar-refractivity contribution is 7.89. The van der Waals surface area contributed by atoms with Gasteiger partial charge < -0.3 is 19.1 Å². The van der Waals surface area contributed by atoms with Crippen LogP contribution in [-0.4, -0.2) is 70.8 Å². The second kappa shape index (κ2) is 9.98. The van der Waals surface area contributed by atoms with Crippen LogP contribution in [0.4, 0.5) is 0 Å². The van der Waals surface area contributed by atoms with Crippen molar-refractivity contribution in [2.24, 2.45) is 0 Å². The van der Waals surface area contributed by atoms with Crippen LogP contribution < -0.4 is 18.9 Å². The molecule has 1 amide bonds.